The molecule has 2 unspecified atom stereocenters. The zero-order valence-corrected chi connectivity index (χ0v) is 13.8. The maximum atomic E-state index is 12.4. The van der Waals surface area contributed by atoms with E-state index >= 15 is 0 Å². The first-order valence-electron chi connectivity index (χ1n) is 8.36. The molecule has 2 fully saturated rings. The van der Waals surface area contributed by atoms with Crippen LogP contribution in [-0.2, 0) is 16.0 Å². The van der Waals surface area contributed by atoms with Gasteiger partial charge in [-0.15, -0.1) is 0 Å². The summed E-state index contributed by atoms with van der Waals surface area (Å²) in [4.78, 5) is 35.3. The summed E-state index contributed by atoms with van der Waals surface area (Å²) >= 11 is 0. The third-order valence-electron chi connectivity index (χ3n) is 5.06. The third kappa shape index (κ3) is 3.48. The lowest BCUT2D eigenvalue weighted by Gasteiger charge is -2.29. The van der Waals surface area contributed by atoms with Crippen molar-refractivity contribution < 1.29 is 14.4 Å². The highest BCUT2D eigenvalue weighted by Crippen LogP contribution is 2.39. The van der Waals surface area contributed by atoms with Crippen LogP contribution in [0.15, 0.2) is 24.3 Å². The lowest BCUT2D eigenvalue weighted by molar-refractivity contribution is -0.125. The Bertz CT molecular complexity index is 667. The number of nitrogens with two attached hydrogens (primary N) is 1. The minimum absolute atomic E-state index is 0.129. The zero-order valence-electron chi connectivity index (χ0n) is 13.8. The standard InChI is InChI=1S/C18H23N3O3/c1-18(10-19,14-6-7-14)21-17(24)12-4-2-11(3-5-12)8-13-9-15(22)20-16(13)23/h2-5,13-14H,6-10,19H2,1H3,(H,21,24)(H,20,22,23). The zero-order chi connectivity index (χ0) is 17.3. The average Bonchev–Trinajstić information content (AvgIpc) is 3.35. The van der Waals surface area contributed by atoms with E-state index < -0.39 is 0 Å². The van der Waals surface area contributed by atoms with Gasteiger partial charge in [-0.05, 0) is 49.8 Å². The van der Waals surface area contributed by atoms with Crippen LogP contribution in [0.1, 0.15) is 42.1 Å². The molecule has 2 atom stereocenters. The van der Waals surface area contributed by atoms with E-state index in [4.69, 9.17) is 5.73 Å². The first-order chi connectivity index (χ1) is 11.4. The van der Waals surface area contributed by atoms with Crippen molar-refractivity contribution in [3.05, 3.63) is 35.4 Å². The lowest BCUT2D eigenvalue weighted by atomic mass is 9.94. The molecule has 1 aliphatic carbocycles. The molecule has 1 saturated heterocycles. The number of carbonyl (C=O) groups excluding carboxylic acids is 3. The molecule has 0 aromatic heterocycles. The molecular formula is C18H23N3O3. The Morgan fingerprint density at radius 1 is 1.29 bits per heavy atom. The van der Waals surface area contributed by atoms with Gasteiger partial charge in [0.05, 0.1) is 11.5 Å². The summed E-state index contributed by atoms with van der Waals surface area (Å²) in [6, 6.07) is 7.18. The van der Waals surface area contributed by atoms with Crippen molar-refractivity contribution in [2.24, 2.45) is 17.6 Å². The van der Waals surface area contributed by atoms with Gasteiger partial charge in [-0.25, -0.2) is 0 Å². The van der Waals surface area contributed by atoms with E-state index in [1.54, 1.807) is 12.1 Å². The fraction of sp³-hybridized carbons (Fsp3) is 0.500. The number of nitrogens with one attached hydrogen (secondary N) is 2. The van der Waals surface area contributed by atoms with E-state index in [2.05, 4.69) is 10.6 Å². The van der Waals surface area contributed by atoms with Gasteiger partial charge >= 0.3 is 0 Å². The maximum Gasteiger partial charge on any atom is 0.251 e. The van der Waals surface area contributed by atoms with Crippen molar-refractivity contribution in [1.29, 1.82) is 0 Å². The quantitative estimate of drug-likeness (QED) is 0.670. The van der Waals surface area contributed by atoms with E-state index in [1.165, 1.54) is 0 Å². The van der Waals surface area contributed by atoms with Crippen LogP contribution in [0, 0.1) is 11.8 Å². The molecule has 1 aromatic rings. The van der Waals surface area contributed by atoms with Crippen LogP contribution in [0.5, 0.6) is 0 Å². The van der Waals surface area contributed by atoms with Gasteiger partial charge in [0.25, 0.3) is 5.91 Å². The predicted octanol–water partition coefficient (Wildman–Crippen LogP) is 0.749. The molecule has 6 nitrogen and oxygen atoms in total. The number of amides is 3. The lowest BCUT2D eigenvalue weighted by Crippen LogP contribution is -2.53. The molecule has 1 saturated carbocycles. The molecule has 6 heteroatoms. The highest BCUT2D eigenvalue weighted by molar-refractivity contribution is 6.03. The Morgan fingerprint density at radius 2 is 1.96 bits per heavy atom. The van der Waals surface area contributed by atoms with E-state index in [1.807, 2.05) is 19.1 Å². The number of hydrogen-bond donors (Lipinski definition) is 3. The summed E-state index contributed by atoms with van der Waals surface area (Å²) in [5, 5.41) is 5.37. The summed E-state index contributed by atoms with van der Waals surface area (Å²) in [6.45, 7) is 2.42. The van der Waals surface area contributed by atoms with Crippen molar-refractivity contribution in [3.63, 3.8) is 0 Å². The van der Waals surface area contributed by atoms with Crippen LogP contribution >= 0.6 is 0 Å². The largest absolute Gasteiger partial charge is 0.345 e. The van der Waals surface area contributed by atoms with Crippen molar-refractivity contribution in [2.75, 3.05) is 6.54 Å². The van der Waals surface area contributed by atoms with Gasteiger partial charge in [-0.1, -0.05) is 12.1 Å². The molecule has 1 aliphatic heterocycles. The van der Waals surface area contributed by atoms with Crippen LogP contribution in [0.2, 0.25) is 0 Å². The SMILES string of the molecule is CC(CN)(NC(=O)c1ccc(CC2CC(=O)NC2=O)cc1)C1CC1. The fourth-order valence-corrected chi connectivity index (χ4v) is 3.22. The molecule has 24 heavy (non-hydrogen) atoms. The van der Waals surface area contributed by atoms with E-state index in [9.17, 15) is 14.4 Å². The summed E-state index contributed by atoms with van der Waals surface area (Å²) < 4.78 is 0. The van der Waals surface area contributed by atoms with Crippen molar-refractivity contribution in [3.8, 4) is 0 Å². The van der Waals surface area contributed by atoms with Gasteiger partial charge in [0.2, 0.25) is 11.8 Å². The van der Waals surface area contributed by atoms with E-state index in [0.29, 0.717) is 24.4 Å². The molecule has 0 spiro atoms. The van der Waals surface area contributed by atoms with Crippen molar-refractivity contribution in [1.82, 2.24) is 10.6 Å². The number of rotatable bonds is 6. The van der Waals surface area contributed by atoms with Crippen LogP contribution in [0.3, 0.4) is 0 Å². The first-order valence-corrected chi connectivity index (χ1v) is 8.36. The van der Waals surface area contributed by atoms with Gasteiger partial charge in [0.15, 0.2) is 0 Å². The van der Waals surface area contributed by atoms with Gasteiger partial charge < -0.3 is 11.1 Å². The number of imide groups is 1. The van der Waals surface area contributed by atoms with Crippen molar-refractivity contribution in [2.45, 2.75) is 38.1 Å². The summed E-state index contributed by atoms with van der Waals surface area (Å²) in [5.74, 6) is -0.418. The first kappa shape index (κ1) is 16.6. The van der Waals surface area contributed by atoms with Crippen LogP contribution in [0.25, 0.3) is 0 Å². The summed E-state index contributed by atoms with van der Waals surface area (Å²) in [6.07, 6.45) is 2.95. The van der Waals surface area contributed by atoms with Crippen LogP contribution in [0.4, 0.5) is 0 Å². The van der Waals surface area contributed by atoms with Gasteiger partial charge in [0, 0.05) is 18.5 Å². The van der Waals surface area contributed by atoms with Gasteiger partial charge in [-0.3, -0.25) is 19.7 Å². The molecule has 2 aliphatic rings. The second-order valence-electron chi connectivity index (χ2n) is 7.06. The minimum Gasteiger partial charge on any atom is -0.345 e. The van der Waals surface area contributed by atoms with Gasteiger partial charge in [-0.2, -0.15) is 0 Å². The fourth-order valence-electron chi connectivity index (χ4n) is 3.22. The Balaban J connectivity index is 1.62. The summed E-state index contributed by atoms with van der Waals surface area (Å²) in [5.41, 5.74) is 7.00. The highest BCUT2D eigenvalue weighted by Gasteiger charge is 2.41. The van der Waals surface area contributed by atoms with Crippen LogP contribution < -0.4 is 16.4 Å². The smallest absolute Gasteiger partial charge is 0.251 e. The topological polar surface area (TPSA) is 101 Å². The minimum atomic E-state index is -0.349. The average molecular weight is 329 g/mol. The Hall–Kier alpha value is -2.21. The third-order valence-corrected chi connectivity index (χ3v) is 5.06. The number of hydrogen-bond acceptors (Lipinski definition) is 4. The molecule has 3 amide bonds. The molecule has 1 heterocycles. The van der Waals surface area contributed by atoms with E-state index in [-0.39, 0.29) is 35.6 Å². The second kappa shape index (κ2) is 6.36. The van der Waals surface area contributed by atoms with Crippen molar-refractivity contribution >= 4 is 17.7 Å². The highest BCUT2D eigenvalue weighted by atomic mass is 16.2. The van der Waals surface area contributed by atoms with Gasteiger partial charge in [0.1, 0.15) is 0 Å². The molecule has 0 bridgehead atoms. The van der Waals surface area contributed by atoms with E-state index in [0.717, 1.165) is 18.4 Å². The Kier molecular flexibility index (Phi) is 4.41. The monoisotopic (exact) mass is 329 g/mol. The Labute approximate surface area is 141 Å². The number of benzene rings is 1. The normalized spacial score (nSPS) is 22.8. The molecule has 3 rings (SSSR count). The molecular weight excluding hydrogens is 306 g/mol. The van der Waals surface area contributed by atoms with Crippen LogP contribution in [-0.4, -0.2) is 29.8 Å². The summed E-state index contributed by atoms with van der Waals surface area (Å²) in [7, 11) is 0. The molecule has 1 aromatic carbocycles. The maximum absolute atomic E-state index is 12.4. The number of carbonyl (C=O) groups is 3. The molecule has 4 N–H and O–H groups in total. The molecule has 128 valence electrons. The predicted molar refractivity (Wildman–Crippen MR) is 89.1 cm³/mol. The molecule has 0 radical (unpaired) electrons. The second-order valence-corrected chi connectivity index (χ2v) is 7.06. The Morgan fingerprint density at radius 3 is 2.46 bits per heavy atom.